The van der Waals surface area contributed by atoms with Crippen LogP contribution in [0.1, 0.15) is 17.5 Å². The van der Waals surface area contributed by atoms with E-state index >= 15 is 0 Å². The van der Waals surface area contributed by atoms with E-state index in [9.17, 15) is 8.42 Å². The monoisotopic (exact) mass is 226 g/mol. The van der Waals surface area contributed by atoms with E-state index in [0.717, 1.165) is 29.7 Å². The molecule has 0 atom stereocenters. The first-order chi connectivity index (χ1) is 7.00. The predicted octanol–water partition coefficient (Wildman–Crippen LogP) is 0.951. The highest BCUT2D eigenvalue weighted by molar-refractivity contribution is 7.90. The summed E-state index contributed by atoms with van der Waals surface area (Å²) in [6, 6.07) is 5.81. The average molecular weight is 226 g/mol. The Morgan fingerprint density at radius 3 is 2.80 bits per heavy atom. The van der Waals surface area contributed by atoms with Crippen LogP contribution in [0.2, 0.25) is 0 Å². The molecular formula is C10H14N2O2S. The van der Waals surface area contributed by atoms with Crippen molar-refractivity contribution in [1.29, 1.82) is 0 Å². The van der Waals surface area contributed by atoms with Crippen molar-refractivity contribution in [3.63, 3.8) is 0 Å². The van der Waals surface area contributed by atoms with E-state index in [4.69, 9.17) is 5.14 Å². The van der Waals surface area contributed by atoms with Crippen LogP contribution in [-0.2, 0) is 16.6 Å². The molecule has 1 aliphatic rings. The van der Waals surface area contributed by atoms with Crippen LogP contribution in [0.3, 0.4) is 0 Å². The van der Waals surface area contributed by atoms with Gasteiger partial charge in [0.25, 0.3) is 10.2 Å². The Kier molecular flexibility index (Phi) is 2.44. The number of nitrogens with zero attached hydrogens (tertiary/aromatic N) is 1. The molecule has 0 saturated heterocycles. The van der Waals surface area contributed by atoms with E-state index in [0.29, 0.717) is 6.54 Å². The Labute approximate surface area is 89.9 Å². The van der Waals surface area contributed by atoms with Gasteiger partial charge in [-0.25, -0.2) is 5.14 Å². The molecular weight excluding hydrogens is 212 g/mol. The van der Waals surface area contributed by atoms with E-state index in [1.807, 2.05) is 25.1 Å². The van der Waals surface area contributed by atoms with Crippen LogP contribution in [0.25, 0.3) is 0 Å². The lowest BCUT2D eigenvalue weighted by molar-refractivity contribution is 0.588. The SMILES string of the molecule is Cc1cccc2c1N(S(N)(=O)=O)CCC2. The second-order valence-electron chi connectivity index (χ2n) is 3.80. The molecule has 0 radical (unpaired) electrons. The zero-order valence-corrected chi connectivity index (χ0v) is 9.42. The molecule has 1 aromatic carbocycles. The highest BCUT2D eigenvalue weighted by atomic mass is 32.2. The molecule has 1 heterocycles. The first-order valence-electron chi connectivity index (χ1n) is 4.89. The summed E-state index contributed by atoms with van der Waals surface area (Å²) >= 11 is 0. The number of para-hydroxylation sites is 1. The summed E-state index contributed by atoms with van der Waals surface area (Å²) in [6.45, 7) is 2.39. The van der Waals surface area contributed by atoms with Gasteiger partial charge in [-0.2, -0.15) is 8.42 Å². The van der Waals surface area contributed by atoms with Gasteiger partial charge >= 0.3 is 0 Å². The molecule has 0 spiro atoms. The Morgan fingerprint density at radius 1 is 1.40 bits per heavy atom. The van der Waals surface area contributed by atoms with Crippen molar-refractivity contribution in [1.82, 2.24) is 0 Å². The number of hydrogen-bond donors (Lipinski definition) is 1. The summed E-state index contributed by atoms with van der Waals surface area (Å²) in [6.07, 6.45) is 1.75. The van der Waals surface area contributed by atoms with E-state index in [-0.39, 0.29) is 0 Å². The minimum Gasteiger partial charge on any atom is -0.257 e. The van der Waals surface area contributed by atoms with Crippen molar-refractivity contribution >= 4 is 15.9 Å². The maximum atomic E-state index is 11.4. The van der Waals surface area contributed by atoms with E-state index in [1.165, 1.54) is 4.31 Å². The maximum absolute atomic E-state index is 11.4. The zero-order chi connectivity index (χ0) is 11.1. The summed E-state index contributed by atoms with van der Waals surface area (Å²) in [5.41, 5.74) is 2.79. The number of rotatable bonds is 1. The molecule has 0 unspecified atom stereocenters. The van der Waals surface area contributed by atoms with Crippen LogP contribution in [0, 0.1) is 6.92 Å². The molecule has 0 bridgehead atoms. The first-order valence-corrected chi connectivity index (χ1v) is 6.39. The van der Waals surface area contributed by atoms with Crippen LogP contribution >= 0.6 is 0 Å². The van der Waals surface area contributed by atoms with Crippen LogP contribution < -0.4 is 9.44 Å². The number of aryl methyl sites for hydroxylation is 2. The van der Waals surface area contributed by atoms with Gasteiger partial charge in [-0.15, -0.1) is 0 Å². The van der Waals surface area contributed by atoms with Gasteiger partial charge in [0, 0.05) is 6.54 Å². The first kappa shape index (κ1) is 10.4. The number of hydrogen-bond acceptors (Lipinski definition) is 2. The van der Waals surface area contributed by atoms with Crippen molar-refractivity contribution < 1.29 is 8.42 Å². The van der Waals surface area contributed by atoms with Crippen LogP contribution in [-0.4, -0.2) is 15.0 Å². The third-order valence-electron chi connectivity index (χ3n) is 2.69. The maximum Gasteiger partial charge on any atom is 0.299 e. The highest BCUT2D eigenvalue weighted by Crippen LogP contribution is 2.31. The van der Waals surface area contributed by atoms with Gasteiger partial charge in [0.1, 0.15) is 0 Å². The van der Waals surface area contributed by atoms with E-state index in [1.54, 1.807) is 0 Å². The van der Waals surface area contributed by atoms with Gasteiger partial charge in [0.2, 0.25) is 0 Å². The Hall–Kier alpha value is -1.07. The summed E-state index contributed by atoms with van der Waals surface area (Å²) in [5.74, 6) is 0. The standard InChI is InChI=1S/C10H14N2O2S/c1-8-4-2-5-9-6-3-7-12(10(8)9)15(11,13)14/h2,4-5H,3,6-7H2,1H3,(H2,11,13,14). The van der Waals surface area contributed by atoms with Gasteiger partial charge in [0.15, 0.2) is 0 Å². The third kappa shape index (κ3) is 1.85. The van der Waals surface area contributed by atoms with Gasteiger partial charge in [-0.3, -0.25) is 4.31 Å². The molecule has 2 rings (SSSR count). The molecule has 2 N–H and O–H groups in total. The van der Waals surface area contributed by atoms with Crippen molar-refractivity contribution in [2.24, 2.45) is 5.14 Å². The topological polar surface area (TPSA) is 63.4 Å². The molecule has 0 saturated carbocycles. The van der Waals surface area contributed by atoms with Crippen LogP contribution in [0.5, 0.6) is 0 Å². The molecule has 1 aliphatic heterocycles. The average Bonchev–Trinajstić information content (AvgIpc) is 2.16. The lowest BCUT2D eigenvalue weighted by Crippen LogP contribution is -2.40. The van der Waals surface area contributed by atoms with Gasteiger partial charge < -0.3 is 0 Å². The molecule has 0 fully saturated rings. The van der Waals surface area contributed by atoms with E-state index in [2.05, 4.69) is 0 Å². The van der Waals surface area contributed by atoms with Gasteiger partial charge in [-0.1, -0.05) is 18.2 Å². The van der Waals surface area contributed by atoms with Crippen LogP contribution in [0.4, 0.5) is 5.69 Å². The molecule has 15 heavy (non-hydrogen) atoms. The molecule has 0 amide bonds. The molecule has 0 aromatic heterocycles. The third-order valence-corrected chi connectivity index (χ3v) is 3.66. The lowest BCUT2D eigenvalue weighted by Gasteiger charge is -2.30. The van der Waals surface area contributed by atoms with E-state index < -0.39 is 10.2 Å². The Morgan fingerprint density at radius 2 is 2.13 bits per heavy atom. The quantitative estimate of drug-likeness (QED) is 0.775. The summed E-state index contributed by atoms with van der Waals surface area (Å²) < 4.78 is 24.1. The molecule has 5 heteroatoms. The number of fused-ring (bicyclic) bond motifs is 1. The van der Waals surface area contributed by atoms with Crippen LogP contribution in [0.15, 0.2) is 18.2 Å². The zero-order valence-electron chi connectivity index (χ0n) is 8.60. The number of anilines is 1. The van der Waals surface area contributed by atoms with Gasteiger partial charge in [-0.05, 0) is 30.9 Å². The molecule has 82 valence electrons. The van der Waals surface area contributed by atoms with Crippen molar-refractivity contribution in [3.8, 4) is 0 Å². The summed E-state index contributed by atoms with van der Waals surface area (Å²) in [7, 11) is -3.63. The molecule has 4 nitrogen and oxygen atoms in total. The summed E-state index contributed by atoms with van der Waals surface area (Å²) in [4.78, 5) is 0. The molecule has 0 aliphatic carbocycles. The van der Waals surface area contributed by atoms with Crippen molar-refractivity contribution in [3.05, 3.63) is 29.3 Å². The fourth-order valence-electron chi connectivity index (χ4n) is 2.06. The Balaban J connectivity index is 2.60. The second kappa shape index (κ2) is 3.50. The largest absolute Gasteiger partial charge is 0.299 e. The van der Waals surface area contributed by atoms with Gasteiger partial charge in [0.05, 0.1) is 5.69 Å². The lowest BCUT2D eigenvalue weighted by atomic mass is 10.0. The minimum absolute atomic E-state index is 0.483. The smallest absolute Gasteiger partial charge is 0.257 e. The highest BCUT2D eigenvalue weighted by Gasteiger charge is 2.25. The fourth-order valence-corrected chi connectivity index (χ4v) is 2.96. The number of nitrogens with two attached hydrogens (primary N) is 1. The number of benzene rings is 1. The Bertz CT molecular complexity index is 482. The normalized spacial score (nSPS) is 16.3. The molecule has 1 aromatic rings. The summed E-state index contributed by atoms with van der Waals surface area (Å²) in [5, 5.41) is 5.19. The van der Waals surface area contributed by atoms with Crippen molar-refractivity contribution in [2.45, 2.75) is 19.8 Å². The predicted molar refractivity (Wildman–Crippen MR) is 60.0 cm³/mol. The second-order valence-corrected chi connectivity index (χ2v) is 5.27. The fraction of sp³-hybridized carbons (Fsp3) is 0.400. The minimum atomic E-state index is -3.63. The van der Waals surface area contributed by atoms with Crippen molar-refractivity contribution in [2.75, 3.05) is 10.8 Å².